The van der Waals surface area contributed by atoms with Gasteiger partial charge < -0.3 is 10.2 Å². The Morgan fingerprint density at radius 1 is 1.26 bits per heavy atom. The zero-order valence-corrected chi connectivity index (χ0v) is 11.9. The average molecular weight is 260 g/mol. The van der Waals surface area contributed by atoms with Crippen LogP contribution in [-0.4, -0.2) is 30.1 Å². The number of likely N-dealkylation sites (tertiary alicyclic amines) is 1. The quantitative estimate of drug-likeness (QED) is 0.890. The van der Waals surface area contributed by atoms with Crippen LogP contribution in [0.15, 0.2) is 30.3 Å². The van der Waals surface area contributed by atoms with Crippen molar-refractivity contribution in [3.05, 3.63) is 35.9 Å². The second kappa shape index (κ2) is 6.60. The smallest absolute Gasteiger partial charge is 0.317 e. The van der Waals surface area contributed by atoms with E-state index < -0.39 is 0 Å². The Labute approximate surface area is 116 Å². The van der Waals surface area contributed by atoms with Crippen molar-refractivity contribution in [2.45, 2.75) is 39.2 Å². The lowest BCUT2D eigenvalue weighted by Crippen LogP contribution is -2.46. The van der Waals surface area contributed by atoms with Gasteiger partial charge in [0.2, 0.25) is 0 Å². The fourth-order valence-electron chi connectivity index (χ4n) is 2.63. The maximum absolute atomic E-state index is 11.9. The normalized spacial score (nSPS) is 16.7. The van der Waals surface area contributed by atoms with Gasteiger partial charge in [0.15, 0.2) is 0 Å². The van der Waals surface area contributed by atoms with E-state index in [0.717, 1.165) is 32.4 Å². The summed E-state index contributed by atoms with van der Waals surface area (Å²) in [5.74, 6) is 0.713. The lowest BCUT2D eigenvalue weighted by molar-refractivity contribution is 0.168. The van der Waals surface area contributed by atoms with Gasteiger partial charge in [-0.05, 0) is 44.6 Å². The van der Waals surface area contributed by atoms with E-state index in [4.69, 9.17) is 0 Å². The minimum absolute atomic E-state index is 0.0909. The van der Waals surface area contributed by atoms with Crippen molar-refractivity contribution in [3.8, 4) is 0 Å². The summed E-state index contributed by atoms with van der Waals surface area (Å²) >= 11 is 0. The Morgan fingerprint density at radius 2 is 1.89 bits per heavy atom. The van der Waals surface area contributed by atoms with E-state index >= 15 is 0 Å². The first-order valence-corrected chi connectivity index (χ1v) is 7.24. The predicted octanol–water partition coefficient (Wildman–Crippen LogP) is 3.06. The number of amides is 2. The highest BCUT2D eigenvalue weighted by Gasteiger charge is 2.22. The third-order valence-electron chi connectivity index (χ3n) is 3.68. The highest BCUT2D eigenvalue weighted by molar-refractivity contribution is 5.74. The fourth-order valence-corrected chi connectivity index (χ4v) is 2.63. The number of nitrogens with zero attached hydrogens (tertiary/aromatic N) is 1. The molecule has 1 aromatic carbocycles. The minimum Gasteiger partial charge on any atom is -0.336 e. The largest absolute Gasteiger partial charge is 0.336 e. The van der Waals surface area contributed by atoms with Gasteiger partial charge in [0.1, 0.15) is 0 Å². The van der Waals surface area contributed by atoms with Crippen LogP contribution in [0.5, 0.6) is 0 Å². The molecule has 1 aromatic rings. The Bertz CT molecular complexity index is 394. The van der Waals surface area contributed by atoms with Crippen LogP contribution in [0.4, 0.5) is 4.79 Å². The van der Waals surface area contributed by atoms with Gasteiger partial charge >= 0.3 is 6.03 Å². The summed E-state index contributed by atoms with van der Waals surface area (Å²) in [5, 5.41) is 2.96. The van der Waals surface area contributed by atoms with E-state index in [1.165, 1.54) is 5.56 Å². The first-order chi connectivity index (χ1) is 9.15. The first kappa shape index (κ1) is 13.9. The number of urea groups is 1. The molecule has 1 heterocycles. The van der Waals surface area contributed by atoms with Gasteiger partial charge in [-0.25, -0.2) is 4.79 Å². The van der Waals surface area contributed by atoms with Gasteiger partial charge in [0.05, 0.1) is 0 Å². The molecule has 0 spiro atoms. The van der Waals surface area contributed by atoms with Crippen LogP contribution in [0, 0.1) is 5.92 Å². The second-order valence-electron chi connectivity index (χ2n) is 5.72. The van der Waals surface area contributed by atoms with E-state index in [1.54, 1.807) is 0 Å². The molecule has 1 aliphatic rings. The van der Waals surface area contributed by atoms with E-state index in [1.807, 2.05) is 18.7 Å². The molecule has 2 amide bonds. The number of benzene rings is 1. The van der Waals surface area contributed by atoms with Gasteiger partial charge in [0, 0.05) is 19.1 Å². The van der Waals surface area contributed by atoms with Crippen LogP contribution in [0.25, 0.3) is 0 Å². The zero-order chi connectivity index (χ0) is 13.7. The standard InChI is InChI=1S/C16H24N2O/c1-13(2)17-16(19)18-10-8-15(9-11-18)12-14-6-4-3-5-7-14/h3-7,13,15H,8-12H2,1-2H3,(H,17,19). The Balaban J connectivity index is 1.78. The number of nitrogens with one attached hydrogen (secondary N) is 1. The zero-order valence-electron chi connectivity index (χ0n) is 11.9. The summed E-state index contributed by atoms with van der Waals surface area (Å²) in [6.45, 7) is 5.77. The maximum Gasteiger partial charge on any atom is 0.317 e. The van der Waals surface area contributed by atoms with Gasteiger partial charge in [0.25, 0.3) is 0 Å². The third-order valence-corrected chi connectivity index (χ3v) is 3.68. The van der Waals surface area contributed by atoms with Crippen LogP contribution in [-0.2, 0) is 6.42 Å². The molecule has 0 saturated carbocycles. The van der Waals surface area contributed by atoms with Crippen molar-refractivity contribution in [3.63, 3.8) is 0 Å². The Hall–Kier alpha value is -1.51. The molecule has 0 aliphatic carbocycles. The van der Waals surface area contributed by atoms with E-state index in [-0.39, 0.29) is 12.1 Å². The molecule has 0 radical (unpaired) electrons. The second-order valence-corrected chi connectivity index (χ2v) is 5.72. The minimum atomic E-state index is 0.0909. The molecule has 2 rings (SSSR count). The molecule has 3 nitrogen and oxygen atoms in total. The molecular weight excluding hydrogens is 236 g/mol. The summed E-state index contributed by atoms with van der Waals surface area (Å²) in [6.07, 6.45) is 3.36. The first-order valence-electron chi connectivity index (χ1n) is 7.24. The van der Waals surface area contributed by atoms with Gasteiger partial charge in [-0.3, -0.25) is 0 Å². The van der Waals surface area contributed by atoms with E-state index in [9.17, 15) is 4.79 Å². The number of piperidine rings is 1. The molecule has 0 unspecified atom stereocenters. The lowest BCUT2D eigenvalue weighted by atomic mass is 9.90. The number of carbonyl (C=O) groups excluding carboxylic acids is 1. The molecular formula is C16H24N2O. The maximum atomic E-state index is 11.9. The highest BCUT2D eigenvalue weighted by atomic mass is 16.2. The number of hydrogen-bond acceptors (Lipinski definition) is 1. The van der Waals surface area contributed by atoms with Crippen LogP contribution < -0.4 is 5.32 Å². The lowest BCUT2D eigenvalue weighted by Gasteiger charge is -2.32. The monoisotopic (exact) mass is 260 g/mol. The number of rotatable bonds is 3. The molecule has 0 aromatic heterocycles. The van der Waals surface area contributed by atoms with Crippen LogP contribution in [0.1, 0.15) is 32.3 Å². The van der Waals surface area contributed by atoms with Gasteiger partial charge in [-0.2, -0.15) is 0 Å². The molecule has 3 heteroatoms. The molecule has 0 atom stereocenters. The fraction of sp³-hybridized carbons (Fsp3) is 0.562. The van der Waals surface area contributed by atoms with Gasteiger partial charge in [-0.1, -0.05) is 30.3 Å². The molecule has 104 valence electrons. The molecule has 1 saturated heterocycles. The summed E-state index contributed by atoms with van der Waals surface area (Å²) < 4.78 is 0. The summed E-state index contributed by atoms with van der Waals surface area (Å²) in [6, 6.07) is 10.9. The van der Waals surface area contributed by atoms with Crippen molar-refractivity contribution in [2.24, 2.45) is 5.92 Å². The van der Waals surface area contributed by atoms with Crippen molar-refractivity contribution in [1.82, 2.24) is 10.2 Å². The third kappa shape index (κ3) is 4.27. The molecule has 1 fully saturated rings. The van der Waals surface area contributed by atoms with E-state index in [0.29, 0.717) is 5.92 Å². The van der Waals surface area contributed by atoms with Crippen LogP contribution in [0.3, 0.4) is 0 Å². The van der Waals surface area contributed by atoms with Crippen LogP contribution >= 0.6 is 0 Å². The average Bonchev–Trinajstić information content (AvgIpc) is 2.40. The number of carbonyl (C=O) groups is 1. The topological polar surface area (TPSA) is 32.3 Å². The van der Waals surface area contributed by atoms with Crippen molar-refractivity contribution >= 4 is 6.03 Å². The molecule has 1 N–H and O–H groups in total. The number of hydrogen-bond donors (Lipinski definition) is 1. The van der Waals surface area contributed by atoms with E-state index in [2.05, 4.69) is 35.6 Å². The predicted molar refractivity (Wildman–Crippen MR) is 78.1 cm³/mol. The SMILES string of the molecule is CC(C)NC(=O)N1CCC(Cc2ccccc2)CC1. The summed E-state index contributed by atoms with van der Waals surface area (Å²) in [5.41, 5.74) is 1.41. The summed E-state index contributed by atoms with van der Waals surface area (Å²) in [7, 11) is 0. The Kier molecular flexibility index (Phi) is 4.83. The van der Waals surface area contributed by atoms with Crippen molar-refractivity contribution in [1.29, 1.82) is 0 Å². The molecule has 0 bridgehead atoms. The van der Waals surface area contributed by atoms with Crippen molar-refractivity contribution in [2.75, 3.05) is 13.1 Å². The van der Waals surface area contributed by atoms with Crippen LogP contribution in [0.2, 0.25) is 0 Å². The van der Waals surface area contributed by atoms with Crippen molar-refractivity contribution < 1.29 is 4.79 Å². The molecule has 1 aliphatic heterocycles. The Morgan fingerprint density at radius 3 is 2.47 bits per heavy atom. The highest BCUT2D eigenvalue weighted by Crippen LogP contribution is 2.21. The summed E-state index contributed by atoms with van der Waals surface area (Å²) in [4.78, 5) is 13.8. The van der Waals surface area contributed by atoms with Gasteiger partial charge in [-0.15, -0.1) is 0 Å². The molecule has 19 heavy (non-hydrogen) atoms.